The van der Waals surface area contributed by atoms with E-state index < -0.39 is 16.0 Å². The van der Waals surface area contributed by atoms with Crippen molar-refractivity contribution in [2.75, 3.05) is 26.6 Å². The number of carbonyl (C=O) groups excluding carboxylic acids is 2. The van der Waals surface area contributed by atoms with Crippen molar-refractivity contribution in [1.82, 2.24) is 4.72 Å². The van der Waals surface area contributed by atoms with Crippen molar-refractivity contribution < 1.29 is 37.0 Å². The van der Waals surface area contributed by atoms with Crippen LogP contribution in [0.15, 0.2) is 89.8 Å². The summed E-state index contributed by atoms with van der Waals surface area (Å²) in [6.07, 6.45) is -0.0118. The van der Waals surface area contributed by atoms with Gasteiger partial charge in [-0.3, -0.25) is 4.79 Å². The predicted molar refractivity (Wildman–Crippen MR) is 162 cm³/mol. The molecule has 0 bridgehead atoms. The van der Waals surface area contributed by atoms with E-state index >= 15 is 0 Å². The van der Waals surface area contributed by atoms with Crippen LogP contribution in [0.3, 0.4) is 0 Å². The largest absolute Gasteiger partial charge is 0.497 e. The first-order valence-electron chi connectivity index (χ1n) is 12.9. The summed E-state index contributed by atoms with van der Waals surface area (Å²) in [7, 11) is 0.0503. The molecule has 4 rings (SSSR count). The molecule has 0 fully saturated rings. The number of amides is 1. The van der Waals surface area contributed by atoms with Crippen LogP contribution in [-0.4, -0.2) is 41.6 Å². The summed E-state index contributed by atoms with van der Waals surface area (Å²) >= 11 is 6.19. The second-order valence-corrected chi connectivity index (χ2v) is 11.2. The summed E-state index contributed by atoms with van der Waals surface area (Å²) in [5.74, 6) is 0.340. The van der Waals surface area contributed by atoms with Gasteiger partial charge in [-0.2, -0.15) is 0 Å². The molecule has 0 heterocycles. The third kappa shape index (κ3) is 8.04. The highest BCUT2D eigenvalue weighted by molar-refractivity contribution is 7.89. The lowest BCUT2D eigenvalue weighted by molar-refractivity contribution is -0.115. The third-order valence-electron chi connectivity index (χ3n) is 6.28. The molecule has 1 amide bonds. The SMILES string of the molecule is COC(=O)c1ccc(Oc2ccc(NC(=O)Cc3ccccc3Cl)cc2S(=O)(=O)NCc2ccc(OC)cc2OC)cc1. The maximum Gasteiger partial charge on any atom is 0.337 e. The molecule has 224 valence electrons. The molecular weight excluding hydrogens is 596 g/mol. The summed E-state index contributed by atoms with van der Waals surface area (Å²) in [5, 5.41) is 3.17. The minimum atomic E-state index is -4.21. The molecule has 10 nitrogen and oxygen atoms in total. The Bertz CT molecular complexity index is 1730. The summed E-state index contributed by atoms with van der Waals surface area (Å²) in [4.78, 5) is 24.3. The fourth-order valence-electron chi connectivity index (χ4n) is 4.05. The van der Waals surface area contributed by atoms with E-state index in [1.165, 1.54) is 63.8 Å². The van der Waals surface area contributed by atoms with Gasteiger partial charge in [-0.25, -0.2) is 17.9 Å². The molecule has 0 unspecified atom stereocenters. The molecule has 0 radical (unpaired) electrons. The average Bonchev–Trinajstić information content (AvgIpc) is 3.01. The fourth-order valence-corrected chi connectivity index (χ4v) is 5.41. The molecule has 0 saturated heterocycles. The smallest absolute Gasteiger partial charge is 0.337 e. The fraction of sp³-hybridized carbons (Fsp3) is 0.161. The Hall–Kier alpha value is -4.58. The second-order valence-electron chi connectivity index (χ2n) is 9.10. The van der Waals surface area contributed by atoms with E-state index in [1.807, 2.05) is 0 Å². The lowest BCUT2D eigenvalue weighted by Gasteiger charge is -2.16. The van der Waals surface area contributed by atoms with Crippen molar-refractivity contribution in [3.63, 3.8) is 0 Å². The normalized spacial score (nSPS) is 11.0. The van der Waals surface area contributed by atoms with Crippen LogP contribution in [0.25, 0.3) is 0 Å². The summed E-state index contributed by atoms with van der Waals surface area (Å²) in [6.45, 7) is -0.105. The van der Waals surface area contributed by atoms with E-state index in [0.717, 1.165) is 0 Å². The highest BCUT2D eigenvalue weighted by Gasteiger charge is 2.23. The summed E-state index contributed by atoms with van der Waals surface area (Å²) in [5.41, 5.74) is 1.72. The lowest BCUT2D eigenvalue weighted by Crippen LogP contribution is -2.24. The van der Waals surface area contributed by atoms with Gasteiger partial charge in [0.1, 0.15) is 27.9 Å². The van der Waals surface area contributed by atoms with Gasteiger partial charge in [0, 0.05) is 28.9 Å². The first-order chi connectivity index (χ1) is 20.6. The van der Waals surface area contributed by atoms with Gasteiger partial charge in [-0.1, -0.05) is 35.9 Å². The Labute approximate surface area is 254 Å². The Morgan fingerprint density at radius 2 is 1.51 bits per heavy atom. The number of esters is 1. The molecule has 0 spiro atoms. The predicted octanol–water partition coefficient (Wildman–Crippen LogP) is 5.60. The Kier molecular flexibility index (Phi) is 10.3. The van der Waals surface area contributed by atoms with Crippen LogP contribution in [0, 0.1) is 0 Å². The number of halogens is 1. The van der Waals surface area contributed by atoms with Crippen LogP contribution in [-0.2, 0) is 32.5 Å². The molecule has 4 aromatic carbocycles. The number of benzene rings is 4. The third-order valence-corrected chi connectivity index (χ3v) is 8.07. The van der Waals surface area contributed by atoms with Crippen LogP contribution in [0.2, 0.25) is 5.02 Å². The molecule has 0 saturated carbocycles. The Morgan fingerprint density at radius 3 is 2.19 bits per heavy atom. The molecule has 0 aliphatic rings. The van der Waals surface area contributed by atoms with Gasteiger partial charge in [0.2, 0.25) is 15.9 Å². The molecule has 0 aromatic heterocycles. The quantitative estimate of drug-likeness (QED) is 0.195. The van der Waals surface area contributed by atoms with Crippen molar-refractivity contribution in [2.45, 2.75) is 17.9 Å². The lowest BCUT2D eigenvalue weighted by atomic mass is 10.1. The monoisotopic (exact) mass is 624 g/mol. The Morgan fingerprint density at radius 1 is 0.791 bits per heavy atom. The van der Waals surface area contributed by atoms with Crippen LogP contribution in [0.1, 0.15) is 21.5 Å². The molecule has 2 N–H and O–H groups in total. The van der Waals surface area contributed by atoms with Gasteiger partial charge < -0.3 is 24.3 Å². The minimum absolute atomic E-state index is 0.0101. The van der Waals surface area contributed by atoms with Gasteiger partial charge in [0.15, 0.2) is 0 Å². The first kappa shape index (κ1) is 31.4. The zero-order valence-electron chi connectivity index (χ0n) is 23.5. The van der Waals surface area contributed by atoms with Gasteiger partial charge in [-0.15, -0.1) is 0 Å². The number of ether oxygens (including phenoxy) is 4. The topological polar surface area (TPSA) is 129 Å². The number of hydrogen-bond donors (Lipinski definition) is 2. The van der Waals surface area contributed by atoms with E-state index in [-0.39, 0.29) is 41.0 Å². The molecule has 0 aliphatic carbocycles. The highest BCUT2D eigenvalue weighted by atomic mass is 35.5. The maximum absolute atomic E-state index is 13.6. The zero-order valence-corrected chi connectivity index (χ0v) is 25.1. The van der Waals surface area contributed by atoms with Crippen LogP contribution >= 0.6 is 11.6 Å². The van der Waals surface area contributed by atoms with Gasteiger partial charge in [0.05, 0.1) is 33.3 Å². The van der Waals surface area contributed by atoms with E-state index in [0.29, 0.717) is 33.2 Å². The maximum atomic E-state index is 13.6. The van der Waals surface area contributed by atoms with Gasteiger partial charge >= 0.3 is 5.97 Å². The first-order valence-corrected chi connectivity index (χ1v) is 14.7. The Balaban J connectivity index is 1.63. The number of carbonyl (C=O) groups is 2. The number of nitrogens with one attached hydrogen (secondary N) is 2. The molecule has 12 heteroatoms. The van der Waals surface area contributed by atoms with Crippen molar-refractivity contribution in [1.29, 1.82) is 0 Å². The number of methoxy groups -OCH3 is 3. The van der Waals surface area contributed by atoms with E-state index in [9.17, 15) is 18.0 Å². The van der Waals surface area contributed by atoms with Crippen molar-refractivity contribution >= 4 is 39.2 Å². The number of rotatable bonds is 12. The van der Waals surface area contributed by atoms with Crippen molar-refractivity contribution in [2.24, 2.45) is 0 Å². The van der Waals surface area contributed by atoms with Gasteiger partial charge in [0.25, 0.3) is 0 Å². The molecule has 4 aromatic rings. The number of hydrogen-bond acceptors (Lipinski definition) is 8. The van der Waals surface area contributed by atoms with Crippen LogP contribution in [0.5, 0.6) is 23.0 Å². The van der Waals surface area contributed by atoms with Crippen molar-refractivity contribution in [3.8, 4) is 23.0 Å². The molecule has 0 atom stereocenters. The van der Waals surface area contributed by atoms with E-state index in [4.69, 9.17) is 30.5 Å². The number of anilines is 1. The average molecular weight is 625 g/mol. The molecule has 0 aliphatic heterocycles. The van der Waals surface area contributed by atoms with E-state index in [2.05, 4.69) is 10.0 Å². The van der Waals surface area contributed by atoms with Crippen LogP contribution < -0.4 is 24.2 Å². The standard InChI is InChI=1S/C31H29ClN2O8S/c1-39-25-14-10-22(28(18-25)40-2)19-33-43(37,38)29-17-23(34-30(35)16-21-6-4-5-7-26(21)32)11-15-27(29)42-24-12-8-20(9-13-24)31(36)41-3/h4-15,17-18,33H,16,19H2,1-3H3,(H,34,35). The van der Waals surface area contributed by atoms with E-state index in [1.54, 1.807) is 42.5 Å². The highest BCUT2D eigenvalue weighted by Crippen LogP contribution is 2.33. The summed E-state index contributed by atoms with van der Waals surface area (Å²) < 4.78 is 51.1. The molecule has 43 heavy (non-hydrogen) atoms. The zero-order chi connectivity index (χ0) is 31.0. The van der Waals surface area contributed by atoms with Crippen molar-refractivity contribution in [3.05, 3.63) is 107 Å². The second kappa shape index (κ2) is 14.1. The molecular formula is C31H29ClN2O8S. The van der Waals surface area contributed by atoms with Crippen LogP contribution in [0.4, 0.5) is 5.69 Å². The number of sulfonamides is 1. The minimum Gasteiger partial charge on any atom is -0.497 e. The van der Waals surface area contributed by atoms with Gasteiger partial charge in [-0.05, 0) is 60.2 Å². The summed E-state index contributed by atoms with van der Waals surface area (Å²) in [6, 6.07) is 22.2.